The summed E-state index contributed by atoms with van der Waals surface area (Å²) in [7, 11) is 0. The minimum atomic E-state index is 0.616. The van der Waals surface area contributed by atoms with E-state index in [2.05, 4.69) is 34.3 Å². The van der Waals surface area contributed by atoms with E-state index in [4.69, 9.17) is 0 Å². The third kappa shape index (κ3) is 4.58. The van der Waals surface area contributed by atoms with Crippen LogP contribution in [-0.4, -0.2) is 10.5 Å². The van der Waals surface area contributed by atoms with E-state index in [1.165, 1.54) is 5.57 Å². The summed E-state index contributed by atoms with van der Waals surface area (Å²) in [5.74, 6) is 0. The Morgan fingerprint density at radius 3 is 1.89 bits per heavy atom. The molecule has 0 aromatic rings. The minimum Gasteiger partial charge on any atom is -0.152 e. The largest absolute Gasteiger partial charge is 0.152 e. The molecule has 1 atom stereocenters. The molecule has 0 N–H and O–H groups in total. The van der Waals surface area contributed by atoms with Gasteiger partial charge in [-0.25, -0.2) is 0 Å². The maximum absolute atomic E-state index is 3.89. The van der Waals surface area contributed by atoms with E-state index in [0.717, 1.165) is 5.25 Å². The van der Waals surface area contributed by atoms with Crippen molar-refractivity contribution in [1.82, 2.24) is 0 Å². The lowest BCUT2D eigenvalue weighted by molar-refractivity contribution is 1.06. The van der Waals surface area contributed by atoms with Crippen molar-refractivity contribution < 1.29 is 0 Å². The first-order valence-corrected chi connectivity index (χ1v) is 4.29. The van der Waals surface area contributed by atoms with E-state index >= 15 is 0 Å². The predicted molar refractivity (Wildman–Crippen MR) is 47.0 cm³/mol. The fourth-order valence-electron chi connectivity index (χ4n) is 0.524. The molecular formula is C8H16S. The lowest BCUT2D eigenvalue weighted by Gasteiger charge is -2.12. The third-order valence-electron chi connectivity index (χ3n) is 1.17. The van der Waals surface area contributed by atoms with Crippen molar-refractivity contribution in [2.24, 2.45) is 0 Å². The van der Waals surface area contributed by atoms with E-state index in [1.54, 1.807) is 0 Å². The average Bonchev–Trinajstić information content (AvgIpc) is 1.63. The molecule has 0 rings (SSSR count). The summed E-state index contributed by atoms with van der Waals surface area (Å²) in [6.45, 7) is 12.6. The van der Waals surface area contributed by atoms with Gasteiger partial charge in [0.15, 0.2) is 0 Å². The van der Waals surface area contributed by atoms with Gasteiger partial charge in [-0.3, -0.25) is 0 Å². The first-order chi connectivity index (χ1) is 4.04. The van der Waals surface area contributed by atoms with Crippen molar-refractivity contribution in [3.05, 3.63) is 12.2 Å². The van der Waals surface area contributed by atoms with Gasteiger partial charge in [-0.15, -0.1) is 0 Å². The SMILES string of the molecule is C=C(C)C(C)SC(C)C. The van der Waals surface area contributed by atoms with Crippen LogP contribution in [0.5, 0.6) is 0 Å². The Morgan fingerprint density at radius 2 is 1.78 bits per heavy atom. The molecule has 0 aliphatic carbocycles. The predicted octanol–water partition coefficient (Wildman–Crippen LogP) is 3.09. The summed E-state index contributed by atoms with van der Waals surface area (Å²) < 4.78 is 0. The average molecular weight is 144 g/mol. The van der Waals surface area contributed by atoms with Crippen molar-refractivity contribution in [3.8, 4) is 0 Å². The summed E-state index contributed by atoms with van der Waals surface area (Å²) >= 11 is 1.96. The molecule has 0 bridgehead atoms. The second-order valence-electron chi connectivity index (χ2n) is 2.67. The molecule has 0 aromatic heterocycles. The molecule has 0 aromatic carbocycles. The number of thioether (sulfide) groups is 1. The van der Waals surface area contributed by atoms with Crippen LogP contribution in [0.25, 0.3) is 0 Å². The van der Waals surface area contributed by atoms with Crippen LogP contribution in [-0.2, 0) is 0 Å². The molecule has 0 fully saturated rings. The Balaban J connectivity index is 3.50. The van der Waals surface area contributed by atoms with Gasteiger partial charge < -0.3 is 0 Å². The molecular weight excluding hydrogens is 128 g/mol. The van der Waals surface area contributed by atoms with Crippen LogP contribution >= 0.6 is 11.8 Å². The van der Waals surface area contributed by atoms with Gasteiger partial charge in [0.25, 0.3) is 0 Å². The van der Waals surface area contributed by atoms with Gasteiger partial charge in [0.2, 0.25) is 0 Å². The van der Waals surface area contributed by atoms with Gasteiger partial charge in [0.1, 0.15) is 0 Å². The van der Waals surface area contributed by atoms with E-state index in [9.17, 15) is 0 Å². The maximum atomic E-state index is 3.89. The second-order valence-corrected chi connectivity index (χ2v) is 4.60. The number of hydrogen-bond acceptors (Lipinski definition) is 1. The number of rotatable bonds is 3. The highest BCUT2D eigenvalue weighted by molar-refractivity contribution is 8.00. The molecule has 0 heterocycles. The lowest BCUT2D eigenvalue weighted by atomic mass is 10.3. The van der Waals surface area contributed by atoms with Crippen molar-refractivity contribution in [2.75, 3.05) is 0 Å². The first kappa shape index (κ1) is 9.09. The molecule has 0 saturated carbocycles. The first-order valence-electron chi connectivity index (χ1n) is 3.35. The molecule has 0 radical (unpaired) electrons. The number of hydrogen-bond donors (Lipinski definition) is 0. The highest BCUT2D eigenvalue weighted by Gasteiger charge is 2.03. The van der Waals surface area contributed by atoms with Gasteiger partial charge in [-0.1, -0.05) is 26.0 Å². The molecule has 0 spiro atoms. The van der Waals surface area contributed by atoms with E-state index in [-0.39, 0.29) is 0 Å². The molecule has 54 valence electrons. The fourth-order valence-corrected chi connectivity index (χ4v) is 1.57. The van der Waals surface area contributed by atoms with Crippen molar-refractivity contribution in [2.45, 2.75) is 38.2 Å². The summed E-state index contributed by atoms with van der Waals surface area (Å²) in [5, 5.41) is 1.33. The molecule has 1 heteroatoms. The topological polar surface area (TPSA) is 0 Å². The van der Waals surface area contributed by atoms with Gasteiger partial charge in [-0.05, 0) is 19.1 Å². The molecule has 9 heavy (non-hydrogen) atoms. The zero-order valence-corrected chi connectivity index (χ0v) is 7.59. The van der Waals surface area contributed by atoms with Crippen molar-refractivity contribution >= 4 is 11.8 Å². The van der Waals surface area contributed by atoms with Crippen molar-refractivity contribution in [1.29, 1.82) is 0 Å². The van der Waals surface area contributed by atoms with Gasteiger partial charge in [0, 0.05) is 5.25 Å². The molecule has 0 saturated heterocycles. The Kier molecular flexibility index (Phi) is 4.03. The molecule has 0 aliphatic rings. The van der Waals surface area contributed by atoms with E-state index in [1.807, 2.05) is 11.8 Å². The van der Waals surface area contributed by atoms with Crippen LogP contribution in [0.2, 0.25) is 0 Å². The Bertz CT molecular complexity index is 94.7. The van der Waals surface area contributed by atoms with Crippen molar-refractivity contribution in [3.63, 3.8) is 0 Å². The third-order valence-corrected chi connectivity index (χ3v) is 2.53. The summed E-state index contributed by atoms with van der Waals surface area (Å²) in [6, 6.07) is 0. The monoisotopic (exact) mass is 144 g/mol. The van der Waals surface area contributed by atoms with Crippen LogP contribution < -0.4 is 0 Å². The zero-order valence-electron chi connectivity index (χ0n) is 6.77. The van der Waals surface area contributed by atoms with E-state index < -0.39 is 0 Å². The summed E-state index contributed by atoms with van der Waals surface area (Å²) in [4.78, 5) is 0. The minimum absolute atomic E-state index is 0.616. The molecule has 0 amide bonds. The fraction of sp³-hybridized carbons (Fsp3) is 0.750. The highest BCUT2D eigenvalue weighted by Crippen LogP contribution is 2.21. The van der Waals surface area contributed by atoms with Crippen LogP contribution in [0.3, 0.4) is 0 Å². The second kappa shape index (κ2) is 3.99. The van der Waals surface area contributed by atoms with Crippen LogP contribution in [0.1, 0.15) is 27.7 Å². The Labute approximate surface area is 62.7 Å². The summed E-state index contributed by atoms with van der Waals surface area (Å²) in [6.07, 6.45) is 0. The lowest BCUT2D eigenvalue weighted by Crippen LogP contribution is -2.01. The van der Waals surface area contributed by atoms with Crippen LogP contribution in [0.15, 0.2) is 12.2 Å². The highest BCUT2D eigenvalue weighted by atomic mass is 32.2. The zero-order chi connectivity index (χ0) is 7.44. The quantitative estimate of drug-likeness (QED) is 0.548. The smallest absolute Gasteiger partial charge is 0.0225 e. The molecule has 1 unspecified atom stereocenters. The molecule has 0 aliphatic heterocycles. The van der Waals surface area contributed by atoms with E-state index in [0.29, 0.717) is 5.25 Å². The van der Waals surface area contributed by atoms with Crippen LogP contribution in [0.4, 0.5) is 0 Å². The summed E-state index contributed by atoms with van der Waals surface area (Å²) in [5.41, 5.74) is 1.27. The molecule has 0 nitrogen and oxygen atoms in total. The van der Waals surface area contributed by atoms with Gasteiger partial charge >= 0.3 is 0 Å². The van der Waals surface area contributed by atoms with Gasteiger partial charge in [0.05, 0.1) is 0 Å². The Morgan fingerprint density at radius 1 is 1.33 bits per heavy atom. The Hall–Kier alpha value is 0.0900. The maximum Gasteiger partial charge on any atom is 0.0225 e. The van der Waals surface area contributed by atoms with Gasteiger partial charge in [-0.2, -0.15) is 11.8 Å². The standard InChI is InChI=1S/C8H16S/c1-6(2)8(5)9-7(3)4/h7-8H,1H2,2-5H3. The van der Waals surface area contributed by atoms with Crippen LogP contribution in [0, 0.1) is 0 Å². The normalized spacial score (nSPS) is 13.9.